The molecule has 3 heteroatoms. The van der Waals surface area contributed by atoms with Crippen molar-refractivity contribution in [2.75, 3.05) is 0 Å². The van der Waals surface area contributed by atoms with Crippen LogP contribution in [0.25, 0.3) is 0 Å². The molecule has 0 saturated carbocycles. The van der Waals surface area contributed by atoms with Crippen LogP contribution in [0.1, 0.15) is 29.5 Å². The van der Waals surface area contributed by atoms with E-state index in [0.29, 0.717) is 0 Å². The summed E-state index contributed by atoms with van der Waals surface area (Å²) in [6.07, 6.45) is 0. The molecule has 0 aliphatic rings. The first kappa shape index (κ1) is 11.7. The molecule has 0 heterocycles. The first-order valence-corrected chi connectivity index (χ1v) is 4.99. The lowest BCUT2D eigenvalue weighted by Crippen LogP contribution is -2.35. The fourth-order valence-corrected chi connectivity index (χ4v) is 1.94. The molecule has 0 bridgehead atoms. The van der Waals surface area contributed by atoms with E-state index in [4.69, 9.17) is 10.8 Å². The maximum atomic E-state index is 10.8. The molecule has 1 rings (SSSR count). The van der Waals surface area contributed by atoms with E-state index in [-0.39, 0.29) is 5.92 Å². The zero-order chi connectivity index (χ0) is 11.6. The predicted octanol–water partition coefficient (Wildman–Crippen LogP) is 1.82. The number of nitrogens with two attached hydrogens (primary N) is 1. The molecule has 1 aromatic rings. The van der Waals surface area contributed by atoms with Gasteiger partial charge in [-0.2, -0.15) is 0 Å². The third kappa shape index (κ3) is 2.36. The van der Waals surface area contributed by atoms with Crippen LogP contribution in [0.4, 0.5) is 0 Å². The lowest BCUT2D eigenvalue weighted by Gasteiger charge is -2.20. The number of rotatable bonds is 3. The van der Waals surface area contributed by atoms with Gasteiger partial charge >= 0.3 is 5.97 Å². The summed E-state index contributed by atoms with van der Waals surface area (Å²) < 4.78 is 0. The average Bonchev–Trinajstić information content (AvgIpc) is 2.15. The molecule has 3 nitrogen and oxygen atoms in total. The average molecular weight is 207 g/mol. The highest BCUT2D eigenvalue weighted by Crippen LogP contribution is 2.25. The van der Waals surface area contributed by atoms with Crippen molar-refractivity contribution in [3.63, 3.8) is 0 Å². The standard InChI is InChI=1S/C12H17NO2/c1-7-5-4-6-8(2)10(7)9(3)11(13)12(14)15/h4-6,9,11H,13H2,1-3H3,(H,14,15). The van der Waals surface area contributed by atoms with Crippen molar-refractivity contribution < 1.29 is 9.90 Å². The highest BCUT2D eigenvalue weighted by Gasteiger charge is 2.23. The van der Waals surface area contributed by atoms with Crippen LogP contribution in [0.15, 0.2) is 18.2 Å². The van der Waals surface area contributed by atoms with Gasteiger partial charge < -0.3 is 10.8 Å². The summed E-state index contributed by atoms with van der Waals surface area (Å²) >= 11 is 0. The SMILES string of the molecule is Cc1cccc(C)c1C(C)C(N)C(=O)O. The summed E-state index contributed by atoms with van der Waals surface area (Å²) in [6.45, 7) is 5.81. The second kappa shape index (κ2) is 4.45. The van der Waals surface area contributed by atoms with Gasteiger partial charge in [0.1, 0.15) is 6.04 Å². The predicted molar refractivity (Wildman–Crippen MR) is 59.9 cm³/mol. The first-order valence-electron chi connectivity index (χ1n) is 4.99. The Bertz CT molecular complexity index is 354. The van der Waals surface area contributed by atoms with Gasteiger partial charge in [-0.3, -0.25) is 4.79 Å². The van der Waals surface area contributed by atoms with Crippen LogP contribution < -0.4 is 5.73 Å². The number of carboxylic acid groups (broad SMARTS) is 1. The van der Waals surface area contributed by atoms with Crippen LogP contribution in [0.3, 0.4) is 0 Å². The number of aryl methyl sites for hydroxylation is 2. The quantitative estimate of drug-likeness (QED) is 0.794. The maximum absolute atomic E-state index is 10.8. The van der Waals surface area contributed by atoms with Crippen molar-refractivity contribution in [2.45, 2.75) is 32.7 Å². The molecule has 0 spiro atoms. The van der Waals surface area contributed by atoms with E-state index >= 15 is 0 Å². The molecule has 2 atom stereocenters. The minimum atomic E-state index is -0.954. The summed E-state index contributed by atoms with van der Waals surface area (Å²) in [5.74, 6) is -1.12. The molecule has 2 unspecified atom stereocenters. The monoisotopic (exact) mass is 207 g/mol. The van der Waals surface area contributed by atoms with E-state index < -0.39 is 12.0 Å². The van der Waals surface area contributed by atoms with E-state index in [1.54, 1.807) is 0 Å². The molecule has 0 fully saturated rings. The molecule has 0 amide bonds. The number of hydrogen-bond acceptors (Lipinski definition) is 2. The summed E-state index contributed by atoms with van der Waals surface area (Å²) in [7, 11) is 0. The van der Waals surface area contributed by atoms with Crippen LogP contribution in [0, 0.1) is 13.8 Å². The lowest BCUT2D eigenvalue weighted by atomic mass is 9.87. The molecule has 3 N–H and O–H groups in total. The summed E-state index contributed by atoms with van der Waals surface area (Å²) in [5.41, 5.74) is 8.87. The number of carboxylic acids is 1. The van der Waals surface area contributed by atoms with Crippen LogP contribution in [0.2, 0.25) is 0 Å². The molecule has 1 aromatic carbocycles. The molecular weight excluding hydrogens is 190 g/mol. The molecule has 0 radical (unpaired) electrons. The van der Waals surface area contributed by atoms with E-state index in [2.05, 4.69) is 0 Å². The van der Waals surface area contributed by atoms with Crippen molar-refractivity contribution >= 4 is 5.97 Å². The van der Waals surface area contributed by atoms with Gasteiger partial charge in [0.05, 0.1) is 0 Å². The molecule has 0 saturated heterocycles. The van der Waals surface area contributed by atoms with E-state index in [1.165, 1.54) is 0 Å². The molecule has 15 heavy (non-hydrogen) atoms. The van der Waals surface area contributed by atoms with Gasteiger partial charge in [0.15, 0.2) is 0 Å². The topological polar surface area (TPSA) is 63.3 Å². The Labute approximate surface area is 89.9 Å². The normalized spacial score (nSPS) is 14.7. The van der Waals surface area contributed by atoms with Crippen LogP contribution in [-0.2, 0) is 4.79 Å². The third-order valence-electron chi connectivity index (χ3n) is 2.82. The molecule has 0 aromatic heterocycles. The fraction of sp³-hybridized carbons (Fsp3) is 0.417. The van der Waals surface area contributed by atoms with E-state index in [9.17, 15) is 4.79 Å². The molecule has 0 aliphatic carbocycles. The van der Waals surface area contributed by atoms with Crippen molar-refractivity contribution in [1.82, 2.24) is 0 Å². The van der Waals surface area contributed by atoms with Crippen LogP contribution in [-0.4, -0.2) is 17.1 Å². The Hall–Kier alpha value is -1.35. The summed E-state index contributed by atoms with van der Waals surface area (Å²) in [5, 5.41) is 8.87. The highest BCUT2D eigenvalue weighted by atomic mass is 16.4. The Kier molecular flexibility index (Phi) is 3.48. The zero-order valence-corrected chi connectivity index (χ0v) is 9.32. The van der Waals surface area contributed by atoms with E-state index in [1.807, 2.05) is 39.0 Å². The number of benzene rings is 1. The smallest absolute Gasteiger partial charge is 0.321 e. The van der Waals surface area contributed by atoms with Gasteiger partial charge in [-0.25, -0.2) is 0 Å². The Balaban J connectivity index is 3.10. The van der Waals surface area contributed by atoms with Gasteiger partial charge in [-0.05, 0) is 30.5 Å². The van der Waals surface area contributed by atoms with Gasteiger partial charge in [-0.1, -0.05) is 25.1 Å². The van der Waals surface area contributed by atoms with E-state index in [0.717, 1.165) is 16.7 Å². The zero-order valence-electron chi connectivity index (χ0n) is 9.32. The lowest BCUT2D eigenvalue weighted by molar-refractivity contribution is -0.139. The van der Waals surface area contributed by atoms with Gasteiger partial charge in [0.2, 0.25) is 0 Å². The third-order valence-corrected chi connectivity index (χ3v) is 2.82. The summed E-state index contributed by atoms with van der Waals surface area (Å²) in [6, 6.07) is 5.08. The minimum Gasteiger partial charge on any atom is -0.480 e. The fourth-order valence-electron chi connectivity index (χ4n) is 1.94. The largest absolute Gasteiger partial charge is 0.480 e. The van der Waals surface area contributed by atoms with Gasteiger partial charge in [-0.15, -0.1) is 0 Å². The summed E-state index contributed by atoms with van der Waals surface area (Å²) in [4.78, 5) is 10.8. The number of aliphatic carboxylic acids is 1. The van der Waals surface area contributed by atoms with Gasteiger partial charge in [0.25, 0.3) is 0 Å². The second-order valence-corrected chi connectivity index (χ2v) is 3.96. The maximum Gasteiger partial charge on any atom is 0.321 e. The molecule has 0 aliphatic heterocycles. The van der Waals surface area contributed by atoms with Gasteiger partial charge in [0, 0.05) is 5.92 Å². The Morgan fingerprint density at radius 1 is 1.33 bits per heavy atom. The van der Waals surface area contributed by atoms with Crippen molar-refractivity contribution in [3.05, 3.63) is 34.9 Å². The number of carbonyl (C=O) groups is 1. The van der Waals surface area contributed by atoms with Crippen LogP contribution in [0.5, 0.6) is 0 Å². The Morgan fingerprint density at radius 3 is 2.20 bits per heavy atom. The number of hydrogen-bond donors (Lipinski definition) is 2. The molecular formula is C12H17NO2. The Morgan fingerprint density at radius 2 is 1.80 bits per heavy atom. The second-order valence-electron chi connectivity index (χ2n) is 3.96. The van der Waals surface area contributed by atoms with Crippen molar-refractivity contribution in [1.29, 1.82) is 0 Å². The highest BCUT2D eigenvalue weighted by molar-refractivity contribution is 5.74. The minimum absolute atomic E-state index is 0.163. The first-order chi connectivity index (χ1) is 6.95. The molecule has 82 valence electrons. The van der Waals surface area contributed by atoms with Crippen molar-refractivity contribution in [2.24, 2.45) is 5.73 Å². The van der Waals surface area contributed by atoms with Crippen LogP contribution >= 0.6 is 0 Å². The van der Waals surface area contributed by atoms with Crippen molar-refractivity contribution in [3.8, 4) is 0 Å².